The summed E-state index contributed by atoms with van der Waals surface area (Å²) in [6, 6.07) is 24.1. The van der Waals surface area contributed by atoms with Crippen LogP contribution in [0.2, 0.25) is 0 Å². The summed E-state index contributed by atoms with van der Waals surface area (Å²) in [6.45, 7) is 6.10. The van der Waals surface area contributed by atoms with Crippen molar-refractivity contribution in [2.24, 2.45) is 0 Å². The first-order valence-corrected chi connectivity index (χ1v) is 19.4. The van der Waals surface area contributed by atoms with Gasteiger partial charge in [-0.2, -0.15) is 0 Å². The highest BCUT2D eigenvalue weighted by Gasteiger charge is 2.36. The van der Waals surface area contributed by atoms with Gasteiger partial charge < -0.3 is 35.8 Å². The third-order valence-corrected chi connectivity index (χ3v) is 10.8. The van der Waals surface area contributed by atoms with E-state index in [1.54, 1.807) is 12.1 Å². The van der Waals surface area contributed by atoms with Gasteiger partial charge in [0.15, 0.2) is 6.29 Å². The Bertz CT molecular complexity index is 1560. The van der Waals surface area contributed by atoms with Crippen LogP contribution in [0.15, 0.2) is 72.8 Å². The van der Waals surface area contributed by atoms with Crippen LogP contribution in [0.1, 0.15) is 105 Å². The predicted molar refractivity (Wildman–Crippen MR) is 204 cm³/mol. The Morgan fingerprint density at radius 3 is 2.19 bits per heavy atom. The number of likely N-dealkylation sites (tertiary alicyclic amines) is 2. The van der Waals surface area contributed by atoms with Crippen LogP contribution in [0, 0.1) is 0 Å². The number of hydrogen-bond acceptors (Lipinski definition) is 8. The van der Waals surface area contributed by atoms with E-state index in [1.165, 1.54) is 38.8 Å². The Kier molecular flexibility index (Phi) is 14.1. The summed E-state index contributed by atoms with van der Waals surface area (Å²) in [5, 5.41) is 15.5. The van der Waals surface area contributed by atoms with E-state index in [2.05, 4.69) is 44.7 Å². The lowest BCUT2D eigenvalue weighted by atomic mass is 9.99. The van der Waals surface area contributed by atoms with E-state index in [-0.39, 0.29) is 30.6 Å². The van der Waals surface area contributed by atoms with Crippen molar-refractivity contribution >= 4 is 23.2 Å². The molecule has 4 atom stereocenters. The summed E-state index contributed by atoms with van der Waals surface area (Å²) in [7, 11) is 0. The molecule has 3 aliphatic heterocycles. The van der Waals surface area contributed by atoms with Gasteiger partial charge in [-0.25, -0.2) is 0 Å². The average molecular weight is 712 g/mol. The third-order valence-electron chi connectivity index (χ3n) is 10.8. The largest absolute Gasteiger partial charge is 0.397 e. The molecule has 52 heavy (non-hydrogen) atoms. The molecule has 6 rings (SSSR count). The number of rotatable bonds is 17. The molecule has 3 aromatic carbocycles. The fraction of sp³-hybridized carbons (Fsp3) is 0.524. The lowest BCUT2D eigenvalue weighted by molar-refractivity contribution is -0.253. The quantitative estimate of drug-likeness (QED) is 0.0928. The van der Waals surface area contributed by atoms with Gasteiger partial charge in [0, 0.05) is 50.5 Å². The first-order chi connectivity index (χ1) is 25.4. The molecule has 3 aliphatic rings. The Morgan fingerprint density at radius 2 is 1.46 bits per heavy atom. The number of unbranched alkanes of at least 4 members (excludes halogenated alkanes) is 3. The van der Waals surface area contributed by atoms with Crippen LogP contribution in [0.5, 0.6) is 0 Å². The van der Waals surface area contributed by atoms with Gasteiger partial charge in [0.25, 0.3) is 0 Å². The minimum atomic E-state index is -0.493. The number of hydrogen-bond donors (Lipinski definition) is 4. The molecule has 3 fully saturated rings. The number of nitrogens with one attached hydrogen (secondary N) is 2. The minimum Gasteiger partial charge on any atom is -0.397 e. The van der Waals surface area contributed by atoms with E-state index >= 15 is 0 Å². The van der Waals surface area contributed by atoms with E-state index in [1.807, 2.05) is 36.4 Å². The maximum atomic E-state index is 12.6. The normalized spacial score (nSPS) is 22.4. The van der Waals surface area contributed by atoms with Crippen LogP contribution in [0.4, 0.5) is 11.4 Å². The van der Waals surface area contributed by atoms with Gasteiger partial charge in [-0.3, -0.25) is 14.5 Å². The molecule has 0 aliphatic carbocycles. The zero-order valence-corrected chi connectivity index (χ0v) is 30.5. The summed E-state index contributed by atoms with van der Waals surface area (Å²) >= 11 is 0. The fourth-order valence-corrected chi connectivity index (χ4v) is 7.73. The van der Waals surface area contributed by atoms with Crippen molar-refractivity contribution in [2.45, 2.75) is 108 Å². The standard InChI is InChI=1S/C42H57N5O5/c43-37-11-5-6-12-38(37)45-41(50)14-4-2-1-3-13-40(49)44-27-31-15-21-34(22-16-31)42-51-36(26-39(52-42)33-19-17-32(30-48)18-20-33)29-47-25-9-10-35(47)28-46-23-7-8-24-46/h5-6,11-12,15-22,35-36,39,42,48H,1-4,7-10,13-14,23-30,43H2,(H,44,49)(H,45,50). The molecule has 0 spiro atoms. The van der Waals surface area contributed by atoms with Gasteiger partial charge in [0.1, 0.15) is 0 Å². The fourth-order valence-electron chi connectivity index (χ4n) is 7.73. The minimum absolute atomic E-state index is 0.0221. The van der Waals surface area contributed by atoms with Crippen LogP contribution < -0.4 is 16.4 Å². The summed E-state index contributed by atoms with van der Waals surface area (Å²) in [5.41, 5.74) is 11.1. The average Bonchev–Trinajstić information content (AvgIpc) is 3.85. The molecule has 0 bridgehead atoms. The zero-order valence-electron chi connectivity index (χ0n) is 30.5. The lowest BCUT2D eigenvalue weighted by Gasteiger charge is -2.39. The molecule has 3 aromatic rings. The van der Waals surface area contributed by atoms with Crippen LogP contribution in [-0.2, 0) is 32.2 Å². The molecule has 3 saturated heterocycles. The molecule has 4 unspecified atom stereocenters. The van der Waals surface area contributed by atoms with Crippen LogP contribution >= 0.6 is 0 Å². The van der Waals surface area contributed by atoms with Gasteiger partial charge in [-0.1, -0.05) is 73.5 Å². The van der Waals surface area contributed by atoms with Gasteiger partial charge in [-0.05, 0) is 87.0 Å². The van der Waals surface area contributed by atoms with E-state index in [0.29, 0.717) is 36.8 Å². The van der Waals surface area contributed by atoms with Crippen molar-refractivity contribution in [1.82, 2.24) is 15.1 Å². The third kappa shape index (κ3) is 11.1. The molecule has 0 aromatic heterocycles. The number of para-hydroxylation sites is 2. The monoisotopic (exact) mass is 711 g/mol. The topological polar surface area (TPSA) is 129 Å². The van der Waals surface area contributed by atoms with E-state index in [0.717, 1.165) is 74.0 Å². The van der Waals surface area contributed by atoms with Crippen LogP contribution in [0.3, 0.4) is 0 Å². The van der Waals surface area contributed by atoms with Gasteiger partial charge >= 0.3 is 0 Å². The molecule has 0 radical (unpaired) electrons. The second-order valence-electron chi connectivity index (χ2n) is 14.7. The molecule has 0 saturated carbocycles. The Morgan fingerprint density at radius 1 is 0.769 bits per heavy atom. The predicted octanol–water partition coefficient (Wildman–Crippen LogP) is 6.46. The maximum Gasteiger partial charge on any atom is 0.224 e. The summed E-state index contributed by atoms with van der Waals surface area (Å²) in [6.07, 6.45) is 9.58. The van der Waals surface area contributed by atoms with Crippen molar-refractivity contribution in [1.29, 1.82) is 0 Å². The smallest absolute Gasteiger partial charge is 0.224 e. The number of benzene rings is 3. The maximum absolute atomic E-state index is 12.6. The second-order valence-corrected chi connectivity index (χ2v) is 14.7. The number of nitrogens with two attached hydrogens (primary N) is 1. The Labute approximate surface area is 309 Å². The Hall–Kier alpha value is -3.80. The molecule has 10 heteroatoms. The number of ether oxygens (including phenoxy) is 2. The highest BCUT2D eigenvalue weighted by molar-refractivity contribution is 5.93. The number of carbonyl (C=O) groups is 2. The number of anilines is 2. The van der Waals surface area contributed by atoms with E-state index < -0.39 is 6.29 Å². The van der Waals surface area contributed by atoms with Gasteiger partial charge in [-0.15, -0.1) is 0 Å². The van der Waals surface area contributed by atoms with Crippen molar-refractivity contribution in [2.75, 3.05) is 43.8 Å². The number of nitrogens with zero attached hydrogens (tertiary/aromatic N) is 2. The first kappa shape index (κ1) is 37.9. The molecule has 5 N–H and O–H groups in total. The zero-order chi connectivity index (χ0) is 36.1. The van der Waals surface area contributed by atoms with E-state index in [9.17, 15) is 14.7 Å². The Balaban J connectivity index is 0.957. The highest BCUT2D eigenvalue weighted by atomic mass is 16.7. The van der Waals surface area contributed by atoms with Gasteiger partial charge in [0.2, 0.25) is 11.8 Å². The number of amides is 2. The number of aliphatic hydroxyl groups excluding tert-OH is 1. The lowest BCUT2D eigenvalue weighted by Crippen LogP contribution is -2.45. The summed E-state index contributed by atoms with van der Waals surface area (Å²) < 4.78 is 13.3. The van der Waals surface area contributed by atoms with Crippen molar-refractivity contribution in [3.05, 3.63) is 95.1 Å². The van der Waals surface area contributed by atoms with Crippen molar-refractivity contribution < 1.29 is 24.2 Å². The number of carbonyl (C=O) groups excluding carboxylic acids is 2. The second kappa shape index (κ2) is 19.3. The van der Waals surface area contributed by atoms with E-state index in [4.69, 9.17) is 15.2 Å². The summed E-state index contributed by atoms with van der Waals surface area (Å²) in [4.78, 5) is 30.1. The molecular formula is C42H57N5O5. The number of aliphatic hydroxyl groups is 1. The van der Waals surface area contributed by atoms with Crippen LogP contribution in [0.25, 0.3) is 0 Å². The van der Waals surface area contributed by atoms with Crippen molar-refractivity contribution in [3.63, 3.8) is 0 Å². The SMILES string of the molecule is Nc1ccccc1NC(=O)CCCCCCC(=O)NCc1ccc(C2OC(CN3CCCC3CN3CCCC3)CC(c3ccc(CO)cc3)O2)cc1. The first-order valence-electron chi connectivity index (χ1n) is 19.4. The molecular weight excluding hydrogens is 654 g/mol. The van der Waals surface area contributed by atoms with Gasteiger partial charge in [0.05, 0.1) is 30.2 Å². The molecule has 280 valence electrons. The van der Waals surface area contributed by atoms with Crippen LogP contribution in [-0.4, -0.2) is 71.6 Å². The van der Waals surface area contributed by atoms with Crippen molar-refractivity contribution in [3.8, 4) is 0 Å². The molecule has 3 heterocycles. The summed E-state index contributed by atoms with van der Waals surface area (Å²) in [5.74, 6) is -0.0110. The highest BCUT2D eigenvalue weighted by Crippen LogP contribution is 2.39. The number of nitrogen functional groups attached to an aromatic ring is 1. The molecule has 10 nitrogen and oxygen atoms in total. The molecule has 2 amide bonds.